The van der Waals surface area contributed by atoms with E-state index in [9.17, 15) is 8.78 Å². The number of piperazine rings is 1. The minimum Gasteiger partial charge on any atom is -0.454 e. The lowest BCUT2D eigenvalue weighted by atomic mass is 9.93. The molecular weight excluding hydrogens is 434 g/mol. The first-order valence-corrected chi connectivity index (χ1v) is 11.6. The summed E-state index contributed by atoms with van der Waals surface area (Å²) in [5, 5.41) is 3.47. The zero-order valence-corrected chi connectivity index (χ0v) is 18.3. The maximum Gasteiger partial charge on any atom is 0.231 e. The summed E-state index contributed by atoms with van der Waals surface area (Å²) in [6.07, 6.45) is 0. The van der Waals surface area contributed by atoms with Gasteiger partial charge in [-0.2, -0.15) is 0 Å². The van der Waals surface area contributed by atoms with Crippen LogP contribution in [0.15, 0.2) is 45.8 Å². The van der Waals surface area contributed by atoms with Crippen LogP contribution >= 0.6 is 11.8 Å². The number of rotatable bonds is 1. The summed E-state index contributed by atoms with van der Waals surface area (Å²) in [4.78, 5) is 10.3. The Kier molecular flexibility index (Phi) is 4.76. The second kappa shape index (κ2) is 7.67. The number of fused-ring (bicyclic) bond motifs is 3. The van der Waals surface area contributed by atoms with Crippen molar-refractivity contribution in [2.24, 2.45) is 4.99 Å². The van der Waals surface area contributed by atoms with E-state index < -0.39 is 11.6 Å². The Morgan fingerprint density at radius 3 is 2.66 bits per heavy atom. The van der Waals surface area contributed by atoms with Crippen LogP contribution in [0, 0.1) is 11.6 Å². The molecule has 0 saturated carbocycles. The predicted molar refractivity (Wildman–Crippen MR) is 119 cm³/mol. The van der Waals surface area contributed by atoms with E-state index in [2.05, 4.69) is 22.2 Å². The SMILES string of the molecule is CN1CCN(C2=NC(c3ccc4c(c3)OCO4)C3=C(N2)c2cc(F)c(F)cc2SC3)CC1. The summed E-state index contributed by atoms with van der Waals surface area (Å²) in [5.41, 5.74) is 3.54. The molecule has 0 aromatic heterocycles. The molecule has 0 aliphatic carbocycles. The van der Waals surface area contributed by atoms with Crippen LogP contribution < -0.4 is 14.8 Å². The van der Waals surface area contributed by atoms with Crippen LogP contribution in [0.5, 0.6) is 11.5 Å². The number of halogens is 2. The largest absolute Gasteiger partial charge is 0.454 e. The van der Waals surface area contributed by atoms with E-state index in [1.54, 1.807) is 0 Å². The summed E-state index contributed by atoms with van der Waals surface area (Å²) in [6, 6.07) is 8.22. The van der Waals surface area contributed by atoms with E-state index in [1.165, 1.54) is 23.9 Å². The van der Waals surface area contributed by atoms with Gasteiger partial charge in [-0.25, -0.2) is 13.8 Å². The van der Waals surface area contributed by atoms with Crippen LogP contribution in [0.1, 0.15) is 17.2 Å². The van der Waals surface area contributed by atoms with Gasteiger partial charge in [0.1, 0.15) is 6.04 Å². The Morgan fingerprint density at radius 1 is 1.03 bits per heavy atom. The van der Waals surface area contributed by atoms with Gasteiger partial charge in [0.15, 0.2) is 29.1 Å². The highest BCUT2D eigenvalue weighted by atomic mass is 32.2. The summed E-state index contributed by atoms with van der Waals surface area (Å²) in [7, 11) is 2.11. The van der Waals surface area contributed by atoms with Crippen molar-refractivity contribution in [2.75, 3.05) is 45.8 Å². The smallest absolute Gasteiger partial charge is 0.231 e. The fraction of sp³-hybridized carbons (Fsp3) is 0.348. The molecule has 4 heterocycles. The number of benzene rings is 2. The maximum atomic E-state index is 14.2. The molecule has 32 heavy (non-hydrogen) atoms. The summed E-state index contributed by atoms with van der Waals surface area (Å²) >= 11 is 1.51. The molecule has 166 valence electrons. The molecule has 6 nitrogen and oxygen atoms in total. The van der Waals surface area contributed by atoms with Gasteiger partial charge in [-0.05, 0) is 42.4 Å². The van der Waals surface area contributed by atoms with Crippen molar-refractivity contribution in [3.8, 4) is 11.5 Å². The van der Waals surface area contributed by atoms with Crippen molar-refractivity contribution in [1.82, 2.24) is 15.1 Å². The van der Waals surface area contributed by atoms with Crippen LogP contribution in [0.25, 0.3) is 5.70 Å². The van der Waals surface area contributed by atoms with Crippen molar-refractivity contribution in [3.05, 3.63) is 58.7 Å². The quantitative estimate of drug-likeness (QED) is 0.710. The monoisotopic (exact) mass is 456 g/mol. The summed E-state index contributed by atoms with van der Waals surface area (Å²) < 4.78 is 39.2. The molecule has 1 fully saturated rings. The molecule has 9 heteroatoms. The number of nitrogens with one attached hydrogen (secondary N) is 1. The third-order valence-electron chi connectivity index (χ3n) is 6.33. The van der Waals surface area contributed by atoms with Gasteiger partial charge in [-0.15, -0.1) is 11.8 Å². The van der Waals surface area contributed by atoms with Gasteiger partial charge in [0.05, 0.1) is 5.70 Å². The molecule has 1 atom stereocenters. The Morgan fingerprint density at radius 2 is 1.81 bits per heavy atom. The fourth-order valence-electron chi connectivity index (χ4n) is 4.49. The minimum absolute atomic E-state index is 0.211. The van der Waals surface area contributed by atoms with Crippen molar-refractivity contribution < 1.29 is 18.3 Å². The lowest BCUT2D eigenvalue weighted by Gasteiger charge is -2.39. The highest BCUT2D eigenvalue weighted by Gasteiger charge is 2.34. The number of thioether (sulfide) groups is 1. The molecule has 1 unspecified atom stereocenters. The lowest BCUT2D eigenvalue weighted by Crippen LogP contribution is -2.52. The average molecular weight is 457 g/mol. The highest BCUT2D eigenvalue weighted by molar-refractivity contribution is 7.99. The first-order chi connectivity index (χ1) is 15.6. The van der Waals surface area contributed by atoms with Crippen LogP contribution in [-0.4, -0.2) is 61.5 Å². The van der Waals surface area contributed by atoms with Gasteiger partial charge in [-0.1, -0.05) is 6.07 Å². The van der Waals surface area contributed by atoms with Crippen LogP contribution in [0.2, 0.25) is 0 Å². The molecule has 0 radical (unpaired) electrons. The van der Waals surface area contributed by atoms with E-state index in [0.717, 1.165) is 59.6 Å². The third-order valence-corrected chi connectivity index (χ3v) is 7.43. The van der Waals surface area contributed by atoms with Crippen LogP contribution in [0.3, 0.4) is 0 Å². The predicted octanol–water partition coefficient (Wildman–Crippen LogP) is 3.46. The lowest BCUT2D eigenvalue weighted by molar-refractivity contribution is 0.174. The molecule has 1 N–H and O–H groups in total. The number of hydrogen-bond acceptors (Lipinski definition) is 7. The molecule has 2 aromatic carbocycles. The van der Waals surface area contributed by atoms with Gasteiger partial charge in [0, 0.05) is 42.4 Å². The minimum atomic E-state index is -0.844. The number of ether oxygens (including phenoxy) is 2. The molecule has 0 spiro atoms. The topological polar surface area (TPSA) is 49.3 Å². The highest BCUT2D eigenvalue weighted by Crippen LogP contribution is 2.46. The normalized spacial score (nSPS) is 22.3. The second-order valence-corrected chi connectivity index (χ2v) is 9.35. The first kappa shape index (κ1) is 19.9. The molecule has 6 rings (SSSR count). The number of likely N-dealkylation sites (N-methyl/N-ethyl adjacent to an activating group) is 1. The van der Waals surface area contributed by atoms with Gasteiger partial charge in [0.25, 0.3) is 0 Å². The van der Waals surface area contributed by atoms with Gasteiger partial charge < -0.3 is 24.6 Å². The number of aliphatic imine (C=N–C) groups is 1. The molecule has 0 bridgehead atoms. The molecule has 0 amide bonds. The Hall–Kier alpha value is -2.78. The Balaban J connectivity index is 1.45. The van der Waals surface area contributed by atoms with Gasteiger partial charge >= 0.3 is 0 Å². The van der Waals surface area contributed by atoms with E-state index in [4.69, 9.17) is 14.5 Å². The zero-order valence-electron chi connectivity index (χ0n) is 17.5. The maximum absolute atomic E-state index is 14.2. The molecule has 4 aliphatic rings. The average Bonchev–Trinajstić information content (AvgIpc) is 3.27. The molecule has 2 aromatic rings. The van der Waals surface area contributed by atoms with Gasteiger partial charge in [-0.3, -0.25) is 0 Å². The number of guanidine groups is 1. The zero-order chi connectivity index (χ0) is 21.8. The van der Waals surface area contributed by atoms with Crippen molar-refractivity contribution in [3.63, 3.8) is 0 Å². The fourth-order valence-corrected chi connectivity index (χ4v) is 5.61. The van der Waals surface area contributed by atoms with E-state index in [1.807, 2.05) is 18.2 Å². The van der Waals surface area contributed by atoms with Crippen molar-refractivity contribution in [1.29, 1.82) is 0 Å². The molecular formula is C23H22F2N4O2S. The van der Waals surface area contributed by atoms with Gasteiger partial charge in [0.2, 0.25) is 6.79 Å². The molecule has 1 saturated heterocycles. The van der Waals surface area contributed by atoms with Crippen molar-refractivity contribution in [2.45, 2.75) is 10.9 Å². The van der Waals surface area contributed by atoms with Crippen molar-refractivity contribution >= 4 is 23.4 Å². The summed E-state index contributed by atoms with van der Waals surface area (Å²) in [6.45, 7) is 3.78. The van der Waals surface area contributed by atoms with E-state index >= 15 is 0 Å². The van der Waals surface area contributed by atoms with E-state index in [-0.39, 0.29) is 12.8 Å². The molecule has 4 aliphatic heterocycles. The van der Waals surface area contributed by atoms with E-state index in [0.29, 0.717) is 17.1 Å². The Bertz CT molecular complexity index is 1160. The summed E-state index contributed by atoms with van der Waals surface area (Å²) in [5.74, 6) is 1.17. The first-order valence-electron chi connectivity index (χ1n) is 10.6. The number of hydrogen-bond donors (Lipinski definition) is 1. The number of nitrogens with zero attached hydrogens (tertiary/aromatic N) is 3. The third kappa shape index (κ3) is 3.31. The Labute approximate surface area is 188 Å². The standard InChI is InChI=1S/C23H22F2N4O2S/c1-28-4-6-29(7-5-28)23-26-21(13-2-3-18-19(8-13)31-12-30-18)15-11-32-20-10-17(25)16(24)9-14(20)22(15)27-23/h2-3,8-10,21H,4-7,11-12H2,1H3,(H,26,27). The second-order valence-electron chi connectivity index (χ2n) is 8.33. The van der Waals surface area contributed by atoms with Crippen LogP contribution in [-0.2, 0) is 0 Å². The van der Waals surface area contributed by atoms with Crippen LogP contribution in [0.4, 0.5) is 8.78 Å².